The van der Waals surface area contributed by atoms with Gasteiger partial charge in [-0.15, -0.1) is 0 Å². The van der Waals surface area contributed by atoms with E-state index >= 15 is 0 Å². The minimum Gasteiger partial charge on any atom is -0.508 e. The molecule has 0 spiro atoms. The molecule has 0 aliphatic heterocycles. The quantitative estimate of drug-likeness (QED) is 0.140. The highest BCUT2D eigenvalue weighted by atomic mass is 16.5. The van der Waals surface area contributed by atoms with E-state index in [9.17, 15) is 10.2 Å². The molecule has 6 nitrogen and oxygen atoms in total. The Hall–Kier alpha value is -3.35. The molecule has 0 aliphatic carbocycles. The lowest BCUT2D eigenvalue weighted by molar-refractivity contribution is -0.134. The lowest BCUT2D eigenvalue weighted by atomic mass is 9.96. The minimum absolute atomic E-state index is 0.246. The fourth-order valence-electron chi connectivity index (χ4n) is 4.72. The van der Waals surface area contributed by atoms with Gasteiger partial charge < -0.3 is 25.2 Å². The van der Waals surface area contributed by atoms with E-state index in [2.05, 4.69) is 39.8 Å². The van der Waals surface area contributed by atoms with Gasteiger partial charge in [-0.1, -0.05) is 108 Å². The molecule has 0 fully saturated rings. The highest BCUT2D eigenvalue weighted by Crippen LogP contribution is 2.25. The third-order valence-corrected chi connectivity index (χ3v) is 7.22. The van der Waals surface area contributed by atoms with Crippen LogP contribution >= 0.6 is 0 Å². The second-order valence-electron chi connectivity index (χ2n) is 11.4. The molecule has 43 heavy (non-hydrogen) atoms. The number of benzene rings is 3. The number of aliphatic hydroxyl groups is 2. The third kappa shape index (κ3) is 18.0. The molecule has 0 radical (unpaired) electrons. The van der Waals surface area contributed by atoms with Gasteiger partial charge in [0.15, 0.2) is 0 Å². The molecular weight excluding hydrogens is 540 g/mol. The van der Waals surface area contributed by atoms with Gasteiger partial charge in [0.2, 0.25) is 0 Å². The fraction of sp³-hybridized carbons (Fsp3) is 0.486. The van der Waals surface area contributed by atoms with E-state index in [0.717, 1.165) is 55.0 Å². The van der Waals surface area contributed by atoms with Crippen LogP contribution in [0.2, 0.25) is 0 Å². The lowest BCUT2D eigenvalue weighted by Gasteiger charge is -2.15. The Morgan fingerprint density at radius 3 is 1.51 bits per heavy atom. The van der Waals surface area contributed by atoms with Crippen LogP contribution in [-0.4, -0.2) is 26.4 Å². The van der Waals surface area contributed by atoms with Crippen LogP contribution in [0.3, 0.4) is 0 Å². The van der Waals surface area contributed by atoms with Gasteiger partial charge in [-0.2, -0.15) is 0 Å². The van der Waals surface area contributed by atoms with Crippen LogP contribution in [0.1, 0.15) is 115 Å². The van der Waals surface area contributed by atoms with E-state index in [1.165, 1.54) is 25.7 Å². The molecule has 0 heterocycles. The number of carbonyl (C=O) groups is 1. The van der Waals surface area contributed by atoms with Crippen LogP contribution < -0.4 is 4.74 Å². The Bertz CT molecular complexity index is 1090. The van der Waals surface area contributed by atoms with Crippen LogP contribution in [0, 0.1) is 11.8 Å². The van der Waals surface area contributed by atoms with Crippen molar-refractivity contribution < 1.29 is 30.0 Å². The first-order chi connectivity index (χ1) is 20.5. The van der Waals surface area contributed by atoms with Crippen molar-refractivity contribution in [1.82, 2.24) is 0 Å². The Morgan fingerprint density at radius 1 is 0.674 bits per heavy atom. The van der Waals surface area contributed by atoms with Gasteiger partial charge in [-0.3, -0.25) is 4.79 Å². The van der Waals surface area contributed by atoms with Crippen LogP contribution in [0.25, 0.3) is 0 Å². The SMILES string of the molecule is CC(=O)O.CCC[C@@H](C)CC[C@H](O)c1ccc(O)cc1.CCC[C@@H](C)CC[C@H](O)c1ccc(OCc2ccccc2)cc1. The zero-order valence-electron chi connectivity index (χ0n) is 26.8. The van der Waals surface area contributed by atoms with Crippen LogP contribution in [-0.2, 0) is 11.4 Å². The minimum atomic E-state index is -0.833. The number of hydrogen-bond donors (Lipinski definition) is 4. The largest absolute Gasteiger partial charge is 0.508 e. The number of phenolic OH excluding ortho intramolecular Hbond substituents is 1. The molecule has 4 N–H and O–H groups in total. The Morgan fingerprint density at radius 2 is 1.09 bits per heavy atom. The monoisotopic (exact) mass is 594 g/mol. The molecule has 3 aromatic rings. The van der Waals surface area contributed by atoms with Crippen molar-refractivity contribution in [2.45, 2.75) is 105 Å². The molecule has 4 atom stereocenters. The van der Waals surface area contributed by atoms with Crippen molar-refractivity contribution in [3.05, 3.63) is 95.6 Å². The first-order valence-electron chi connectivity index (χ1n) is 15.7. The standard InChI is InChI=1S/C21H28O2.C14H22O2.C2H4O2/c1-3-7-17(2)10-15-21(22)19-11-13-20(14-12-19)23-16-18-8-5-4-6-9-18;1-3-4-11(2)5-10-14(16)12-6-8-13(15)9-7-12;1-2(3)4/h4-6,8-9,11-14,17,21-22H,3,7,10,15-16H2,1-2H3;6-9,11,14-16H,3-5,10H2,1-2H3;1H3,(H,3,4)/t17-,21+;11-,14+;/m11./s1. The number of aliphatic carboxylic acids is 1. The molecule has 0 aliphatic rings. The predicted octanol–water partition coefficient (Wildman–Crippen LogP) is 9.25. The van der Waals surface area contributed by atoms with Crippen molar-refractivity contribution >= 4 is 5.97 Å². The van der Waals surface area contributed by atoms with Gasteiger partial charge in [-0.25, -0.2) is 0 Å². The molecule has 0 saturated heterocycles. The number of phenols is 1. The lowest BCUT2D eigenvalue weighted by Crippen LogP contribution is -2.02. The summed E-state index contributed by atoms with van der Waals surface area (Å²) in [6, 6.07) is 24.7. The molecule has 3 aromatic carbocycles. The summed E-state index contributed by atoms with van der Waals surface area (Å²) >= 11 is 0. The summed E-state index contributed by atoms with van der Waals surface area (Å²) in [5, 5.41) is 36.8. The highest BCUT2D eigenvalue weighted by Gasteiger charge is 2.11. The highest BCUT2D eigenvalue weighted by molar-refractivity contribution is 5.62. The Balaban J connectivity index is 0.000000402. The number of carboxylic acid groups (broad SMARTS) is 1. The van der Waals surface area contributed by atoms with Crippen molar-refractivity contribution in [3.63, 3.8) is 0 Å². The van der Waals surface area contributed by atoms with E-state index in [0.29, 0.717) is 18.4 Å². The van der Waals surface area contributed by atoms with Crippen LogP contribution in [0.4, 0.5) is 0 Å². The second-order valence-corrected chi connectivity index (χ2v) is 11.4. The van der Waals surface area contributed by atoms with Crippen molar-refractivity contribution in [3.8, 4) is 11.5 Å². The molecule has 0 aromatic heterocycles. The van der Waals surface area contributed by atoms with E-state index in [-0.39, 0.29) is 11.9 Å². The van der Waals surface area contributed by atoms with Gasteiger partial charge >= 0.3 is 0 Å². The summed E-state index contributed by atoms with van der Waals surface area (Å²) in [6.07, 6.45) is 7.84. The first-order valence-corrected chi connectivity index (χ1v) is 15.7. The summed E-state index contributed by atoms with van der Waals surface area (Å²) in [5.41, 5.74) is 3.02. The van der Waals surface area contributed by atoms with Crippen LogP contribution in [0.5, 0.6) is 11.5 Å². The average Bonchev–Trinajstić information content (AvgIpc) is 2.99. The van der Waals surface area contributed by atoms with E-state index in [4.69, 9.17) is 19.7 Å². The fourth-order valence-corrected chi connectivity index (χ4v) is 4.72. The number of aromatic hydroxyl groups is 1. The average molecular weight is 595 g/mol. The summed E-state index contributed by atoms with van der Waals surface area (Å²) in [4.78, 5) is 9.00. The van der Waals surface area contributed by atoms with Gasteiger partial charge in [0.25, 0.3) is 5.97 Å². The van der Waals surface area contributed by atoms with E-state index in [1.807, 2.05) is 42.5 Å². The van der Waals surface area contributed by atoms with Crippen molar-refractivity contribution in [2.75, 3.05) is 0 Å². The molecule has 0 bridgehead atoms. The summed E-state index contributed by atoms with van der Waals surface area (Å²) in [7, 11) is 0. The predicted molar refractivity (Wildman–Crippen MR) is 175 cm³/mol. The molecule has 0 amide bonds. The molecule has 0 unspecified atom stereocenters. The number of aliphatic hydroxyl groups excluding tert-OH is 2. The maximum Gasteiger partial charge on any atom is 0.300 e. The summed E-state index contributed by atoms with van der Waals surface area (Å²) in [6.45, 7) is 10.5. The molecule has 238 valence electrons. The second kappa shape index (κ2) is 22.2. The normalized spacial score (nSPS) is 13.3. The third-order valence-electron chi connectivity index (χ3n) is 7.22. The summed E-state index contributed by atoms with van der Waals surface area (Å²) < 4.78 is 5.78. The zero-order chi connectivity index (χ0) is 32.0. The summed E-state index contributed by atoms with van der Waals surface area (Å²) in [5.74, 6) is 1.61. The van der Waals surface area contributed by atoms with Gasteiger partial charge in [0.1, 0.15) is 18.1 Å². The van der Waals surface area contributed by atoms with E-state index < -0.39 is 12.1 Å². The maximum absolute atomic E-state index is 10.3. The number of ether oxygens (including phenoxy) is 1. The van der Waals surface area contributed by atoms with Crippen molar-refractivity contribution in [2.24, 2.45) is 11.8 Å². The Labute approximate surface area is 259 Å². The smallest absolute Gasteiger partial charge is 0.300 e. The van der Waals surface area contributed by atoms with Crippen molar-refractivity contribution in [1.29, 1.82) is 0 Å². The Kier molecular flexibility index (Phi) is 19.5. The topological polar surface area (TPSA) is 107 Å². The van der Waals surface area contributed by atoms with Gasteiger partial charge in [-0.05, 0) is 78.5 Å². The number of hydrogen-bond acceptors (Lipinski definition) is 5. The number of rotatable bonds is 15. The molecular formula is C37H54O6. The number of carboxylic acids is 1. The van der Waals surface area contributed by atoms with Gasteiger partial charge in [0, 0.05) is 6.92 Å². The molecule has 6 heteroatoms. The van der Waals surface area contributed by atoms with E-state index in [1.54, 1.807) is 24.3 Å². The molecule has 0 saturated carbocycles. The first kappa shape index (κ1) is 37.7. The zero-order valence-corrected chi connectivity index (χ0v) is 26.8. The maximum atomic E-state index is 10.3. The van der Waals surface area contributed by atoms with Gasteiger partial charge in [0.05, 0.1) is 12.2 Å². The van der Waals surface area contributed by atoms with Crippen LogP contribution in [0.15, 0.2) is 78.9 Å². The molecule has 3 rings (SSSR count).